The van der Waals surface area contributed by atoms with E-state index >= 15 is 0 Å². The van der Waals surface area contributed by atoms with Gasteiger partial charge in [0.15, 0.2) is 0 Å². The van der Waals surface area contributed by atoms with Crippen LogP contribution in [-0.2, 0) is 0 Å². The number of halogens is 1. The Morgan fingerprint density at radius 1 is 1.23 bits per heavy atom. The molecule has 5 nitrogen and oxygen atoms in total. The molecule has 0 bridgehead atoms. The normalized spacial score (nSPS) is 18.0. The van der Waals surface area contributed by atoms with Crippen molar-refractivity contribution in [1.82, 2.24) is 15.3 Å². The zero-order valence-corrected chi connectivity index (χ0v) is 12.3. The molecular formula is C16H13ClN4O. The number of anilines is 1. The first kappa shape index (κ1) is 13.2. The molecule has 3 aromatic rings. The van der Waals surface area contributed by atoms with Crippen LogP contribution in [0, 0.1) is 0 Å². The summed E-state index contributed by atoms with van der Waals surface area (Å²) < 4.78 is 0. The minimum absolute atomic E-state index is 0.125. The van der Waals surface area contributed by atoms with Crippen molar-refractivity contribution in [2.24, 2.45) is 0 Å². The molecule has 1 aromatic heterocycles. The number of carbonyl (C=O) groups excluding carboxylic acids is 1. The Balaban J connectivity index is 1.80. The Kier molecular flexibility index (Phi) is 3.01. The number of nitrogens with zero attached hydrogens (tertiary/aromatic N) is 2. The summed E-state index contributed by atoms with van der Waals surface area (Å²) in [6, 6.07) is 13.1. The summed E-state index contributed by atoms with van der Waals surface area (Å²) in [5, 5.41) is 3.55. The van der Waals surface area contributed by atoms with Crippen LogP contribution in [0.3, 0.4) is 0 Å². The maximum atomic E-state index is 12.3. The lowest BCUT2D eigenvalue weighted by atomic mass is 10.1. The van der Waals surface area contributed by atoms with Gasteiger partial charge in [0.1, 0.15) is 0 Å². The number of fused-ring (bicyclic) bond motifs is 1. The highest BCUT2D eigenvalue weighted by Crippen LogP contribution is 2.34. The van der Waals surface area contributed by atoms with Crippen molar-refractivity contribution < 1.29 is 4.79 Å². The van der Waals surface area contributed by atoms with Gasteiger partial charge in [-0.25, -0.2) is 9.78 Å². The third-order valence-corrected chi connectivity index (χ3v) is 4.27. The fourth-order valence-corrected chi connectivity index (χ4v) is 3.13. The lowest BCUT2D eigenvalue weighted by molar-refractivity contribution is 0.251. The number of hydrogen-bond acceptors (Lipinski definition) is 2. The van der Waals surface area contributed by atoms with Gasteiger partial charge in [0.05, 0.1) is 23.4 Å². The molecule has 2 heterocycles. The third-order valence-electron chi connectivity index (χ3n) is 3.92. The molecule has 110 valence electrons. The summed E-state index contributed by atoms with van der Waals surface area (Å²) in [7, 11) is 0. The lowest BCUT2D eigenvalue weighted by Gasteiger charge is -2.24. The van der Waals surface area contributed by atoms with Gasteiger partial charge >= 0.3 is 6.03 Å². The second-order valence-electron chi connectivity index (χ2n) is 5.20. The van der Waals surface area contributed by atoms with Crippen molar-refractivity contribution in [2.75, 3.05) is 11.4 Å². The Labute approximate surface area is 131 Å². The van der Waals surface area contributed by atoms with Gasteiger partial charge in [-0.1, -0.05) is 29.8 Å². The van der Waals surface area contributed by atoms with E-state index in [1.165, 1.54) is 0 Å². The van der Waals surface area contributed by atoms with E-state index < -0.39 is 0 Å². The van der Waals surface area contributed by atoms with E-state index in [1.807, 2.05) is 42.5 Å². The minimum atomic E-state index is -0.127. The van der Waals surface area contributed by atoms with Gasteiger partial charge in [0.25, 0.3) is 0 Å². The molecule has 4 rings (SSSR count). The number of amides is 2. The predicted molar refractivity (Wildman–Crippen MR) is 86.2 cm³/mol. The van der Waals surface area contributed by atoms with E-state index in [4.69, 9.17) is 11.6 Å². The summed E-state index contributed by atoms with van der Waals surface area (Å²) in [4.78, 5) is 21.3. The molecule has 1 atom stereocenters. The molecule has 0 aliphatic carbocycles. The van der Waals surface area contributed by atoms with Crippen molar-refractivity contribution in [1.29, 1.82) is 0 Å². The summed E-state index contributed by atoms with van der Waals surface area (Å²) in [5.74, 6) is 0. The third kappa shape index (κ3) is 2.02. The van der Waals surface area contributed by atoms with Gasteiger partial charge in [-0.3, -0.25) is 4.90 Å². The molecule has 22 heavy (non-hydrogen) atoms. The number of nitrogens with one attached hydrogen (secondary N) is 2. The van der Waals surface area contributed by atoms with Crippen LogP contribution < -0.4 is 10.2 Å². The molecule has 0 radical (unpaired) electrons. The maximum absolute atomic E-state index is 12.3. The molecular weight excluding hydrogens is 300 g/mol. The molecule has 2 aromatic carbocycles. The monoisotopic (exact) mass is 312 g/mol. The fourth-order valence-electron chi connectivity index (χ4n) is 2.86. The average molecular weight is 313 g/mol. The van der Waals surface area contributed by atoms with Gasteiger partial charge in [0.2, 0.25) is 0 Å². The van der Waals surface area contributed by atoms with Crippen molar-refractivity contribution >= 4 is 34.4 Å². The van der Waals surface area contributed by atoms with Crippen LogP contribution in [0.4, 0.5) is 10.5 Å². The highest BCUT2D eigenvalue weighted by Gasteiger charge is 2.34. The molecule has 0 spiro atoms. The molecule has 1 aliphatic rings. The van der Waals surface area contributed by atoms with Gasteiger partial charge in [-0.2, -0.15) is 0 Å². The Bertz CT molecular complexity index is 860. The molecule has 2 amide bonds. The van der Waals surface area contributed by atoms with Crippen molar-refractivity contribution in [3.05, 3.63) is 59.4 Å². The number of aromatic nitrogens is 2. The first-order valence-corrected chi connectivity index (χ1v) is 7.36. The topological polar surface area (TPSA) is 61.0 Å². The number of imidazole rings is 1. The van der Waals surface area contributed by atoms with E-state index in [2.05, 4.69) is 15.3 Å². The van der Waals surface area contributed by atoms with Gasteiger partial charge in [-0.05, 0) is 29.8 Å². The van der Waals surface area contributed by atoms with E-state index in [-0.39, 0.29) is 12.1 Å². The SMILES string of the molecule is O=C1NCC(c2ccccc2Cl)N1c1ccc2[nH]cnc2c1. The molecule has 2 N–H and O–H groups in total. The standard InChI is InChI=1S/C16H13ClN4O/c17-12-4-2-1-3-11(12)15-8-18-16(22)21(15)10-5-6-13-14(7-10)20-9-19-13/h1-7,9,15H,8H2,(H,18,22)(H,19,20). The van der Waals surface area contributed by atoms with Crippen LogP contribution in [0.25, 0.3) is 11.0 Å². The van der Waals surface area contributed by atoms with Crippen molar-refractivity contribution in [3.63, 3.8) is 0 Å². The van der Waals surface area contributed by atoms with Crippen LogP contribution >= 0.6 is 11.6 Å². The molecule has 1 aliphatic heterocycles. The lowest BCUT2D eigenvalue weighted by Crippen LogP contribution is -2.29. The van der Waals surface area contributed by atoms with Crippen LogP contribution in [0.15, 0.2) is 48.8 Å². The predicted octanol–water partition coefficient (Wildman–Crippen LogP) is 3.49. The maximum Gasteiger partial charge on any atom is 0.322 e. The quantitative estimate of drug-likeness (QED) is 0.761. The van der Waals surface area contributed by atoms with Crippen molar-refractivity contribution in [2.45, 2.75) is 6.04 Å². The van der Waals surface area contributed by atoms with Crippen LogP contribution in [-0.4, -0.2) is 22.5 Å². The number of carbonyl (C=O) groups is 1. The van der Waals surface area contributed by atoms with E-state index in [9.17, 15) is 4.79 Å². The highest BCUT2D eigenvalue weighted by molar-refractivity contribution is 6.31. The van der Waals surface area contributed by atoms with E-state index in [0.717, 1.165) is 22.3 Å². The molecule has 6 heteroatoms. The fraction of sp³-hybridized carbons (Fsp3) is 0.125. The van der Waals surface area contributed by atoms with Gasteiger partial charge < -0.3 is 10.3 Å². The second kappa shape index (κ2) is 5.03. The summed E-state index contributed by atoms with van der Waals surface area (Å²) in [6.07, 6.45) is 1.64. The first-order chi connectivity index (χ1) is 10.7. The van der Waals surface area contributed by atoms with E-state index in [0.29, 0.717) is 11.6 Å². The number of rotatable bonds is 2. The van der Waals surface area contributed by atoms with Gasteiger partial charge in [-0.15, -0.1) is 0 Å². The smallest absolute Gasteiger partial charge is 0.322 e. The number of urea groups is 1. The Morgan fingerprint density at radius 2 is 2.09 bits per heavy atom. The van der Waals surface area contributed by atoms with Crippen LogP contribution in [0.2, 0.25) is 5.02 Å². The number of hydrogen-bond donors (Lipinski definition) is 2. The van der Waals surface area contributed by atoms with Crippen LogP contribution in [0.1, 0.15) is 11.6 Å². The molecule has 1 unspecified atom stereocenters. The summed E-state index contributed by atoms with van der Waals surface area (Å²) in [5.41, 5.74) is 3.51. The number of H-pyrrole nitrogens is 1. The summed E-state index contributed by atoms with van der Waals surface area (Å²) in [6.45, 7) is 0.529. The van der Waals surface area contributed by atoms with Crippen LogP contribution in [0.5, 0.6) is 0 Å². The minimum Gasteiger partial charge on any atom is -0.345 e. The van der Waals surface area contributed by atoms with Crippen molar-refractivity contribution in [3.8, 4) is 0 Å². The largest absolute Gasteiger partial charge is 0.345 e. The number of aromatic amines is 1. The van der Waals surface area contributed by atoms with E-state index in [1.54, 1.807) is 11.2 Å². The zero-order valence-electron chi connectivity index (χ0n) is 11.6. The first-order valence-electron chi connectivity index (χ1n) is 6.98. The average Bonchev–Trinajstić information content (AvgIpc) is 3.13. The second-order valence-corrected chi connectivity index (χ2v) is 5.60. The molecule has 0 saturated carbocycles. The zero-order chi connectivity index (χ0) is 15.1. The highest BCUT2D eigenvalue weighted by atomic mass is 35.5. The summed E-state index contributed by atoms with van der Waals surface area (Å²) >= 11 is 6.30. The number of benzene rings is 2. The molecule has 1 saturated heterocycles. The Hall–Kier alpha value is -2.53. The van der Waals surface area contributed by atoms with Gasteiger partial charge in [0, 0.05) is 17.3 Å². The molecule has 1 fully saturated rings. The Morgan fingerprint density at radius 3 is 2.95 bits per heavy atom.